The van der Waals surface area contributed by atoms with E-state index in [1.165, 1.54) is 0 Å². The van der Waals surface area contributed by atoms with Crippen LogP contribution < -0.4 is 10.2 Å². The molecular formula is C22H25N2O4+. The monoisotopic (exact) mass is 381 g/mol. The van der Waals surface area contributed by atoms with Crippen LogP contribution in [0.25, 0.3) is 11.0 Å². The second-order valence-corrected chi connectivity index (χ2v) is 6.85. The van der Waals surface area contributed by atoms with E-state index in [0.717, 1.165) is 27.1 Å². The van der Waals surface area contributed by atoms with Crippen LogP contribution in [0.2, 0.25) is 0 Å². The number of nitrogens with one attached hydrogen (secondary N) is 2. The van der Waals surface area contributed by atoms with Crippen LogP contribution >= 0.6 is 0 Å². The average Bonchev–Trinajstić information content (AvgIpc) is 3.02. The minimum atomic E-state index is -0.481. The van der Waals surface area contributed by atoms with E-state index in [2.05, 4.69) is 5.32 Å². The van der Waals surface area contributed by atoms with Gasteiger partial charge in [-0.2, -0.15) is 0 Å². The van der Waals surface area contributed by atoms with Gasteiger partial charge in [-0.3, -0.25) is 4.79 Å². The summed E-state index contributed by atoms with van der Waals surface area (Å²) in [6, 6.07) is 15.2. The number of ether oxygens (including phenoxy) is 1. The summed E-state index contributed by atoms with van der Waals surface area (Å²) in [6.45, 7) is 4.76. The van der Waals surface area contributed by atoms with Crippen molar-refractivity contribution in [3.05, 3.63) is 65.4 Å². The molecule has 0 bridgehead atoms. The first-order valence-electron chi connectivity index (χ1n) is 9.33. The Kier molecular flexibility index (Phi) is 6.11. The summed E-state index contributed by atoms with van der Waals surface area (Å²) in [5, 5.41) is 3.76. The number of para-hydroxylation sites is 1. The third kappa shape index (κ3) is 4.58. The topological polar surface area (TPSA) is 73.0 Å². The Morgan fingerprint density at radius 3 is 2.54 bits per heavy atom. The fourth-order valence-electron chi connectivity index (χ4n) is 3.12. The normalized spacial score (nSPS) is 12.0. The molecule has 2 N–H and O–H groups in total. The molecule has 0 aliphatic carbocycles. The lowest BCUT2D eigenvalue weighted by atomic mass is 10.1. The molecule has 1 aromatic heterocycles. The molecule has 2 aromatic carbocycles. The first-order chi connectivity index (χ1) is 13.5. The van der Waals surface area contributed by atoms with Crippen molar-refractivity contribution in [2.75, 3.05) is 25.5 Å². The van der Waals surface area contributed by atoms with E-state index in [4.69, 9.17) is 9.15 Å². The van der Waals surface area contributed by atoms with Crippen molar-refractivity contribution in [2.24, 2.45) is 0 Å². The van der Waals surface area contributed by atoms with Crippen molar-refractivity contribution in [3.8, 4) is 0 Å². The van der Waals surface area contributed by atoms with Gasteiger partial charge in [-0.05, 0) is 32.0 Å². The van der Waals surface area contributed by atoms with Gasteiger partial charge >= 0.3 is 5.97 Å². The predicted octanol–water partition coefficient (Wildman–Crippen LogP) is 2.57. The molecule has 1 amide bonds. The summed E-state index contributed by atoms with van der Waals surface area (Å²) in [4.78, 5) is 25.6. The fraction of sp³-hybridized carbons (Fsp3) is 0.273. The molecule has 0 aliphatic heterocycles. The second kappa shape index (κ2) is 8.71. The minimum absolute atomic E-state index is 0.0909. The fourth-order valence-corrected chi connectivity index (χ4v) is 3.12. The molecule has 6 nitrogen and oxygen atoms in total. The number of carbonyl (C=O) groups is 2. The van der Waals surface area contributed by atoms with Crippen LogP contribution in [0.5, 0.6) is 0 Å². The van der Waals surface area contributed by atoms with Gasteiger partial charge in [-0.25, -0.2) is 4.79 Å². The van der Waals surface area contributed by atoms with Gasteiger partial charge in [0.1, 0.15) is 12.1 Å². The number of hydrogen-bond donors (Lipinski definition) is 2. The zero-order chi connectivity index (χ0) is 20.1. The van der Waals surface area contributed by atoms with Crippen LogP contribution in [-0.4, -0.2) is 32.1 Å². The van der Waals surface area contributed by atoms with E-state index < -0.39 is 5.97 Å². The molecule has 28 heavy (non-hydrogen) atoms. The molecule has 3 aromatic rings. The maximum atomic E-state index is 12.4. The van der Waals surface area contributed by atoms with Gasteiger partial charge in [0.05, 0.1) is 19.2 Å². The van der Waals surface area contributed by atoms with Crippen LogP contribution in [0.4, 0.5) is 5.69 Å². The minimum Gasteiger partial charge on any atom is -0.460 e. The van der Waals surface area contributed by atoms with Crippen molar-refractivity contribution >= 4 is 28.5 Å². The largest absolute Gasteiger partial charge is 0.460 e. The number of anilines is 1. The van der Waals surface area contributed by atoms with E-state index in [1.807, 2.05) is 62.5 Å². The Labute approximate surface area is 164 Å². The highest BCUT2D eigenvalue weighted by molar-refractivity contribution is 5.96. The summed E-state index contributed by atoms with van der Waals surface area (Å²) < 4.78 is 10.9. The SMILES string of the molecule is CCOC(=O)c1oc2ccccc2c1C[NH+](C)CC(=O)Nc1ccc(C)cc1. The van der Waals surface area contributed by atoms with Crippen molar-refractivity contribution in [2.45, 2.75) is 20.4 Å². The van der Waals surface area contributed by atoms with E-state index in [9.17, 15) is 9.59 Å². The predicted molar refractivity (Wildman–Crippen MR) is 107 cm³/mol. The molecule has 3 rings (SSSR count). The van der Waals surface area contributed by atoms with E-state index in [1.54, 1.807) is 6.92 Å². The number of benzene rings is 2. The van der Waals surface area contributed by atoms with Crippen LogP contribution in [0, 0.1) is 6.92 Å². The smallest absolute Gasteiger partial charge is 0.374 e. The molecule has 0 saturated heterocycles. The Morgan fingerprint density at radius 2 is 1.82 bits per heavy atom. The lowest BCUT2D eigenvalue weighted by Gasteiger charge is -2.14. The maximum Gasteiger partial charge on any atom is 0.374 e. The van der Waals surface area contributed by atoms with Gasteiger partial charge in [0.15, 0.2) is 6.54 Å². The Balaban J connectivity index is 1.73. The van der Waals surface area contributed by atoms with Crippen molar-refractivity contribution in [1.29, 1.82) is 0 Å². The molecule has 1 heterocycles. The number of rotatable bonds is 7. The van der Waals surface area contributed by atoms with Gasteiger partial charge in [0.25, 0.3) is 5.91 Å². The van der Waals surface area contributed by atoms with Crippen LogP contribution in [0.1, 0.15) is 28.6 Å². The van der Waals surface area contributed by atoms with Crippen molar-refractivity contribution in [1.82, 2.24) is 0 Å². The molecule has 0 fully saturated rings. The highest BCUT2D eigenvalue weighted by Gasteiger charge is 2.24. The number of esters is 1. The average molecular weight is 381 g/mol. The van der Waals surface area contributed by atoms with Crippen molar-refractivity contribution in [3.63, 3.8) is 0 Å². The summed E-state index contributed by atoms with van der Waals surface area (Å²) in [7, 11) is 1.91. The van der Waals surface area contributed by atoms with Gasteiger partial charge in [0, 0.05) is 11.1 Å². The molecule has 1 unspecified atom stereocenters. The molecule has 146 valence electrons. The van der Waals surface area contributed by atoms with Crippen LogP contribution in [0.15, 0.2) is 52.9 Å². The number of quaternary nitrogens is 1. The number of amides is 1. The lowest BCUT2D eigenvalue weighted by Crippen LogP contribution is -3.08. The van der Waals surface area contributed by atoms with Crippen LogP contribution in [0.3, 0.4) is 0 Å². The van der Waals surface area contributed by atoms with E-state index in [0.29, 0.717) is 12.1 Å². The quantitative estimate of drug-likeness (QED) is 0.617. The second-order valence-electron chi connectivity index (χ2n) is 6.85. The van der Waals surface area contributed by atoms with Gasteiger partial charge < -0.3 is 19.4 Å². The Bertz CT molecular complexity index is 976. The van der Waals surface area contributed by atoms with Crippen LogP contribution in [-0.2, 0) is 16.1 Å². The zero-order valence-electron chi connectivity index (χ0n) is 16.4. The summed E-state index contributed by atoms with van der Waals surface area (Å²) in [6.07, 6.45) is 0. The molecule has 1 atom stereocenters. The molecular weight excluding hydrogens is 356 g/mol. The number of furan rings is 1. The summed E-state index contributed by atoms with van der Waals surface area (Å²) >= 11 is 0. The number of aryl methyl sites for hydroxylation is 1. The van der Waals surface area contributed by atoms with Gasteiger partial charge in [0.2, 0.25) is 5.76 Å². The third-order valence-corrected chi connectivity index (χ3v) is 4.44. The Morgan fingerprint density at radius 1 is 1.11 bits per heavy atom. The first kappa shape index (κ1) is 19.6. The summed E-state index contributed by atoms with van der Waals surface area (Å²) in [5.74, 6) is -0.362. The molecule has 0 spiro atoms. The van der Waals surface area contributed by atoms with Gasteiger partial charge in [-0.1, -0.05) is 35.9 Å². The molecule has 0 aliphatic rings. The number of likely N-dealkylation sites (N-methyl/N-ethyl adjacent to an activating group) is 1. The van der Waals surface area contributed by atoms with Gasteiger partial charge in [-0.15, -0.1) is 0 Å². The van der Waals surface area contributed by atoms with E-state index in [-0.39, 0.29) is 24.8 Å². The number of hydrogen-bond acceptors (Lipinski definition) is 4. The zero-order valence-corrected chi connectivity index (χ0v) is 16.4. The molecule has 6 heteroatoms. The standard InChI is InChI=1S/C22H24N2O4/c1-4-27-22(26)21-18(17-7-5-6-8-19(17)28-21)13-24(3)14-20(25)23-16-11-9-15(2)10-12-16/h5-12H,4,13-14H2,1-3H3,(H,23,25)/p+1. The first-order valence-corrected chi connectivity index (χ1v) is 9.33. The highest BCUT2D eigenvalue weighted by atomic mass is 16.5. The van der Waals surface area contributed by atoms with E-state index >= 15 is 0 Å². The Hall–Kier alpha value is -3.12. The van der Waals surface area contributed by atoms with Crippen molar-refractivity contribution < 1.29 is 23.6 Å². The molecule has 0 saturated carbocycles. The highest BCUT2D eigenvalue weighted by Crippen LogP contribution is 2.26. The summed E-state index contributed by atoms with van der Waals surface area (Å²) in [5.41, 5.74) is 3.30. The maximum absolute atomic E-state index is 12.4. The third-order valence-electron chi connectivity index (χ3n) is 4.44. The number of fused-ring (bicyclic) bond motifs is 1. The molecule has 0 radical (unpaired) electrons. The lowest BCUT2D eigenvalue weighted by molar-refractivity contribution is -0.885. The number of carbonyl (C=O) groups excluding carboxylic acids is 2.